The summed E-state index contributed by atoms with van der Waals surface area (Å²) in [6, 6.07) is 4.47. The predicted octanol–water partition coefficient (Wildman–Crippen LogP) is 3.12. The number of halogens is 2. The summed E-state index contributed by atoms with van der Waals surface area (Å²) in [6.07, 6.45) is 1.41. The number of carbonyl (C=O) groups excluding carboxylic acids is 4. The van der Waals surface area contributed by atoms with Crippen LogP contribution in [0.4, 0.5) is 0 Å². The second-order valence-electron chi connectivity index (χ2n) is 8.55. The van der Waals surface area contributed by atoms with Crippen LogP contribution in [0.5, 0.6) is 0 Å². The van der Waals surface area contributed by atoms with Crippen molar-refractivity contribution in [1.29, 1.82) is 0 Å². The molecule has 0 fully saturated rings. The molecule has 0 aromatic heterocycles. The summed E-state index contributed by atoms with van der Waals surface area (Å²) in [5.41, 5.74) is 0.152. The molecule has 0 aliphatic heterocycles. The third-order valence-electron chi connectivity index (χ3n) is 5.04. The Kier molecular flexibility index (Phi) is 13.7. The first kappa shape index (κ1) is 30.7. The molecular weight excluding hydrogens is 496 g/mol. The molecule has 0 spiro atoms. The minimum Gasteiger partial charge on any atom is -0.518 e. The number of methoxy groups -OCH3 is 1. The number of nitrogens with zero attached hydrogens (tertiary/aromatic N) is 1. The highest BCUT2D eigenvalue weighted by Gasteiger charge is 2.37. The van der Waals surface area contributed by atoms with Gasteiger partial charge in [-0.25, -0.2) is 0 Å². The third kappa shape index (κ3) is 11.3. The van der Waals surface area contributed by atoms with Crippen LogP contribution in [-0.4, -0.2) is 68.8 Å². The third-order valence-corrected chi connectivity index (χ3v) is 5.60. The zero-order valence-corrected chi connectivity index (χ0v) is 22.4. The van der Waals surface area contributed by atoms with Crippen LogP contribution >= 0.6 is 23.2 Å². The highest BCUT2D eigenvalue weighted by atomic mass is 35.5. The molecule has 0 heterocycles. The van der Waals surface area contributed by atoms with Crippen molar-refractivity contribution in [1.82, 2.24) is 15.4 Å². The number of nitrogens with one attached hydrogen (secondary N) is 2. The van der Waals surface area contributed by atoms with Crippen LogP contribution in [0, 0.1) is 5.92 Å². The van der Waals surface area contributed by atoms with E-state index in [4.69, 9.17) is 32.6 Å². The zero-order valence-electron chi connectivity index (χ0n) is 20.9. The van der Waals surface area contributed by atoms with Gasteiger partial charge in [0.15, 0.2) is 0 Å². The van der Waals surface area contributed by atoms with Crippen molar-refractivity contribution in [2.75, 3.05) is 27.2 Å². The highest BCUT2D eigenvalue weighted by Crippen LogP contribution is 2.20. The molecule has 0 aliphatic carbocycles. The first-order chi connectivity index (χ1) is 16.5. The van der Waals surface area contributed by atoms with Crippen molar-refractivity contribution in [2.24, 2.45) is 5.92 Å². The molecule has 0 aliphatic rings. The van der Waals surface area contributed by atoms with E-state index >= 15 is 0 Å². The van der Waals surface area contributed by atoms with Gasteiger partial charge in [0.1, 0.15) is 0 Å². The summed E-state index contributed by atoms with van der Waals surface area (Å²) in [5, 5.41) is 5.94. The Morgan fingerprint density at radius 3 is 2.40 bits per heavy atom. The summed E-state index contributed by atoms with van der Waals surface area (Å²) in [6.45, 7) is 5.74. The van der Waals surface area contributed by atoms with Crippen molar-refractivity contribution in [2.45, 2.75) is 52.4 Å². The first-order valence-electron chi connectivity index (χ1n) is 11.5. The van der Waals surface area contributed by atoms with Gasteiger partial charge in [-0.2, -0.15) is 0 Å². The molecule has 1 aromatic rings. The van der Waals surface area contributed by atoms with Crippen LogP contribution in [0.3, 0.4) is 0 Å². The van der Waals surface area contributed by atoms with Gasteiger partial charge >= 0.3 is 13.0 Å². The summed E-state index contributed by atoms with van der Waals surface area (Å²) in [4.78, 5) is 50.9. The van der Waals surface area contributed by atoms with Crippen molar-refractivity contribution >= 4 is 54.0 Å². The number of hydrogen-bond acceptors (Lipinski definition) is 7. The molecule has 0 bridgehead atoms. The van der Waals surface area contributed by atoms with Gasteiger partial charge in [0, 0.05) is 18.0 Å². The molecule has 2 amide bonds. The normalized spacial score (nSPS) is 11.7. The molecule has 1 atom stereocenters. The van der Waals surface area contributed by atoms with Gasteiger partial charge in [-0.1, -0.05) is 44.0 Å². The van der Waals surface area contributed by atoms with Crippen molar-refractivity contribution in [3.63, 3.8) is 0 Å². The van der Waals surface area contributed by atoms with Gasteiger partial charge in [-0.05, 0) is 44.0 Å². The van der Waals surface area contributed by atoms with Crippen molar-refractivity contribution in [3.8, 4) is 0 Å². The van der Waals surface area contributed by atoms with Crippen LogP contribution in [0.25, 0.3) is 0 Å². The van der Waals surface area contributed by atoms with E-state index in [2.05, 4.69) is 10.6 Å². The Hall–Kier alpha value is -2.30. The zero-order chi connectivity index (χ0) is 26.5. The highest BCUT2D eigenvalue weighted by molar-refractivity contribution is 6.53. The summed E-state index contributed by atoms with van der Waals surface area (Å²) in [5.74, 6) is -2.26. The van der Waals surface area contributed by atoms with E-state index in [-0.39, 0.29) is 42.4 Å². The number of ether oxygens (including phenoxy) is 1. The second kappa shape index (κ2) is 15.6. The number of carbonyl (C=O) groups is 4. The fourth-order valence-electron chi connectivity index (χ4n) is 3.31. The van der Waals surface area contributed by atoms with Crippen LogP contribution in [-0.2, 0) is 23.8 Å². The van der Waals surface area contributed by atoms with E-state index in [1.54, 1.807) is 17.9 Å². The van der Waals surface area contributed by atoms with Crippen LogP contribution in [0.1, 0.15) is 56.8 Å². The van der Waals surface area contributed by atoms with Crippen LogP contribution in [0.15, 0.2) is 18.2 Å². The van der Waals surface area contributed by atoms with Gasteiger partial charge in [-0.15, -0.1) is 0 Å². The molecule has 194 valence electrons. The molecule has 0 saturated heterocycles. The van der Waals surface area contributed by atoms with E-state index in [1.807, 2.05) is 20.8 Å². The molecule has 0 unspecified atom stereocenters. The Morgan fingerprint density at radius 2 is 1.80 bits per heavy atom. The summed E-state index contributed by atoms with van der Waals surface area (Å²) < 4.78 is 10.4. The molecule has 9 nitrogen and oxygen atoms in total. The van der Waals surface area contributed by atoms with E-state index in [0.29, 0.717) is 17.9 Å². The summed E-state index contributed by atoms with van der Waals surface area (Å²) >= 11 is 12.0. The maximum absolute atomic E-state index is 12.8. The first-order valence-corrected chi connectivity index (χ1v) is 12.2. The molecule has 2 N–H and O–H groups in total. The van der Waals surface area contributed by atoms with Crippen LogP contribution < -0.4 is 10.6 Å². The average molecular weight is 530 g/mol. The lowest BCUT2D eigenvalue weighted by atomic mass is 9.67. The molecule has 35 heavy (non-hydrogen) atoms. The number of benzene rings is 1. The minimum absolute atomic E-state index is 0.0909. The van der Waals surface area contributed by atoms with Crippen molar-refractivity contribution in [3.05, 3.63) is 33.8 Å². The smallest absolute Gasteiger partial charge is 0.474 e. The van der Waals surface area contributed by atoms with Gasteiger partial charge in [-0.3, -0.25) is 19.2 Å². The van der Waals surface area contributed by atoms with E-state index in [1.165, 1.54) is 19.2 Å². The molecular formula is C23H34BCl2N3O6. The van der Waals surface area contributed by atoms with E-state index in [9.17, 15) is 19.2 Å². The monoisotopic (exact) mass is 529 g/mol. The Bertz CT molecular complexity index is 887. The maximum atomic E-state index is 12.8. The maximum Gasteiger partial charge on any atom is 0.474 e. The predicted molar refractivity (Wildman–Crippen MR) is 136 cm³/mol. The Labute approximate surface area is 217 Å². The average Bonchev–Trinajstić information content (AvgIpc) is 2.80. The second-order valence-corrected chi connectivity index (χ2v) is 9.39. The minimum atomic E-state index is -0.817. The Morgan fingerprint density at radius 1 is 1.11 bits per heavy atom. The Balaban J connectivity index is 2.96. The topological polar surface area (TPSA) is 114 Å². The standard InChI is InChI=1S/C23H34BCl2N3O6/c1-6-7-22(32)35-24(29(4)11-10-21(31)34-5)19(12-15(2)3)28-20(30)14-27-23(33)17-13-16(25)8-9-18(17)26/h8-9,13,15,19H,6-7,10-12,14H2,1-5H3,(H,27,33)(H,28,30)/t19-/m0/s1. The molecule has 0 radical (unpaired) electrons. The quantitative estimate of drug-likeness (QED) is 0.281. The lowest BCUT2D eigenvalue weighted by molar-refractivity contribution is -0.140. The lowest BCUT2D eigenvalue weighted by Gasteiger charge is -2.31. The molecule has 1 rings (SSSR count). The fourth-order valence-corrected chi connectivity index (χ4v) is 3.69. The fraction of sp³-hybridized carbons (Fsp3) is 0.565. The number of esters is 1. The largest absolute Gasteiger partial charge is 0.518 e. The molecule has 12 heteroatoms. The van der Waals surface area contributed by atoms with Gasteiger partial charge in [0.25, 0.3) is 11.9 Å². The lowest BCUT2D eigenvalue weighted by Crippen LogP contribution is -2.58. The van der Waals surface area contributed by atoms with E-state index in [0.717, 1.165) is 0 Å². The number of amides is 2. The van der Waals surface area contributed by atoms with E-state index < -0.39 is 36.7 Å². The van der Waals surface area contributed by atoms with Gasteiger partial charge in [0.05, 0.1) is 36.6 Å². The number of rotatable bonds is 14. The van der Waals surface area contributed by atoms with Gasteiger partial charge < -0.3 is 24.8 Å². The molecule has 1 aromatic carbocycles. The summed E-state index contributed by atoms with van der Waals surface area (Å²) in [7, 11) is 2.19. The SMILES string of the molecule is CCCC(=O)OB([C@H](CC(C)C)NC(=O)CNC(=O)c1cc(Cl)ccc1Cl)N(C)CCC(=O)OC. The number of hydrogen-bond donors (Lipinski definition) is 2. The van der Waals surface area contributed by atoms with Gasteiger partial charge in [0.2, 0.25) is 5.91 Å². The van der Waals surface area contributed by atoms with Crippen LogP contribution in [0.2, 0.25) is 10.0 Å². The molecule has 0 saturated carbocycles. The van der Waals surface area contributed by atoms with Crippen molar-refractivity contribution < 1.29 is 28.6 Å².